The molecule has 118 valence electrons. The van der Waals surface area contributed by atoms with E-state index in [0.717, 1.165) is 37.2 Å². The first-order valence-corrected chi connectivity index (χ1v) is 8.47. The predicted molar refractivity (Wildman–Crippen MR) is 89.8 cm³/mol. The van der Waals surface area contributed by atoms with Gasteiger partial charge in [0, 0.05) is 5.54 Å². The van der Waals surface area contributed by atoms with Crippen LogP contribution in [-0.2, 0) is 0 Å². The number of hydrogen-bond donors (Lipinski definition) is 1. The maximum absolute atomic E-state index is 5.90. The summed E-state index contributed by atoms with van der Waals surface area (Å²) in [5.74, 6) is 2.63. The number of ether oxygens (including phenoxy) is 1. The van der Waals surface area contributed by atoms with E-state index < -0.39 is 0 Å². The van der Waals surface area contributed by atoms with Gasteiger partial charge in [-0.05, 0) is 57.7 Å². The molecule has 0 saturated heterocycles. The fraction of sp³-hybridized carbons (Fsp3) is 0.684. The van der Waals surface area contributed by atoms with Crippen molar-refractivity contribution in [3.8, 4) is 5.75 Å². The van der Waals surface area contributed by atoms with Crippen molar-refractivity contribution in [3.05, 3.63) is 30.3 Å². The topological polar surface area (TPSA) is 21.3 Å². The highest BCUT2D eigenvalue weighted by Gasteiger charge is 2.26. The molecule has 1 atom stereocenters. The smallest absolute Gasteiger partial charge is 0.119 e. The van der Waals surface area contributed by atoms with E-state index in [1.807, 2.05) is 30.3 Å². The Labute approximate surface area is 130 Å². The highest BCUT2D eigenvalue weighted by molar-refractivity contribution is 5.20. The lowest BCUT2D eigenvalue weighted by Crippen LogP contribution is -2.40. The lowest BCUT2D eigenvalue weighted by molar-refractivity contribution is 0.218. The van der Waals surface area contributed by atoms with E-state index in [1.165, 1.54) is 25.7 Å². The molecule has 1 aliphatic carbocycles. The summed E-state index contributed by atoms with van der Waals surface area (Å²) < 4.78 is 5.90. The molecule has 1 unspecified atom stereocenters. The van der Waals surface area contributed by atoms with Gasteiger partial charge in [-0.25, -0.2) is 0 Å². The van der Waals surface area contributed by atoms with E-state index in [-0.39, 0.29) is 5.54 Å². The molecule has 21 heavy (non-hydrogen) atoms. The summed E-state index contributed by atoms with van der Waals surface area (Å²) in [5.41, 5.74) is 0.205. The molecule has 1 aromatic rings. The average Bonchev–Trinajstić information content (AvgIpc) is 2.96. The summed E-state index contributed by atoms with van der Waals surface area (Å²) in [6, 6.07) is 10.2. The number of rotatable bonds is 7. The maximum Gasteiger partial charge on any atom is 0.119 e. The van der Waals surface area contributed by atoms with Crippen LogP contribution in [0.1, 0.15) is 52.9 Å². The largest absolute Gasteiger partial charge is 0.494 e. The highest BCUT2D eigenvalue weighted by Crippen LogP contribution is 2.33. The Bertz CT molecular complexity index is 390. The van der Waals surface area contributed by atoms with Crippen LogP contribution in [0.25, 0.3) is 0 Å². The molecule has 0 amide bonds. The molecule has 1 fully saturated rings. The first kappa shape index (κ1) is 16.4. The number of benzene rings is 1. The molecule has 0 aromatic heterocycles. The van der Waals surface area contributed by atoms with Crippen LogP contribution >= 0.6 is 0 Å². The van der Waals surface area contributed by atoms with Gasteiger partial charge in [-0.15, -0.1) is 0 Å². The van der Waals surface area contributed by atoms with Gasteiger partial charge in [0.1, 0.15) is 5.75 Å². The molecule has 1 aliphatic rings. The van der Waals surface area contributed by atoms with Gasteiger partial charge in [-0.3, -0.25) is 0 Å². The van der Waals surface area contributed by atoms with Crippen molar-refractivity contribution in [3.63, 3.8) is 0 Å². The standard InChI is InChI=1S/C19H31NO/c1-19(2,3)20-15-17(16-9-7-8-10-16)13-14-21-18-11-5-4-6-12-18/h4-6,11-12,16-17,20H,7-10,13-15H2,1-3H3. The lowest BCUT2D eigenvalue weighted by atomic mass is 9.87. The average molecular weight is 289 g/mol. The molecule has 1 aromatic carbocycles. The Morgan fingerprint density at radius 2 is 1.81 bits per heavy atom. The van der Waals surface area contributed by atoms with Crippen molar-refractivity contribution in [1.82, 2.24) is 5.32 Å². The molecule has 0 bridgehead atoms. The van der Waals surface area contributed by atoms with E-state index in [2.05, 4.69) is 26.1 Å². The minimum absolute atomic E-state index is 0.205. The van der Waals surface area contributed by atoms with Crippen molar-refractivity contribution >= 4 is 0 Å². The van der Waals surface area contributed by atoms with E-state index in [9.17, 15) is 0 Å². The molecule has 0 spiro atoms. The van der Waals surface area contributed by atoms with Gasteiger partial charge in [0.25, 0.3) is 0 Å². The fourth-order valence-electron chi connectivity index (χ4n) is 3.22. The number of hydrogen-bond acceptors (Lipinski definition) is 2. The van der Waals surface area contributed by atoms with Crippen LogP contribution in [0.5, 0.6) is 5.75 Å². The molecule has 0 aliphatic heterocycles. The maximum atomic E-state index is 5.90. The fourth-order valence-corrected chi connectivity index (χ4v) is 3.22. The summed E-state index contributed by atoms with van der Waals surface area (Å²) in [7, 11) is 0. The quantitative estimate of drug-likeness (QED) is 0.789. The number of para-hydroxylation sites is 1. The Hall–Kier alpha value is -1.02. The van der Waals surface area contributed by atoms with Gasteiger partial charge in [0.05, 0.1) is 6.61 Å². The zero-order chi connectivity index (χ0) is 15.1. The lowest BCUT2D eigenvalue weighted by Gasteiger charge is -2.29. The summed E-state index contributed by atoms with van der Waals surface area (Å²) in [4.78, 5) is 0. The minimum atomic E-state index is 0.205. The zero-order valence-corrected chi connectivity index (χ0v) is 13.9. The zero-order valence-electron chi connectivity index (χ0n) is 13.9. The van der Waals surface area contributed by atoms with Crippen LogP contribution < -0.4 is 10.1 Å². The van der Waals surface area contributed by atoms with Crippen molar-refractivity contribution < 1.29 is 4.74 Å². The summed E-state index contributed by atoms with van der Waals surface area (Å²) in [6.07, 6.45) is 6.79. The van der Waals surface area contributed by atoms with Crippen LogP contribution in [0.4, 0.5) is 0 Å². The molecule has 0 radical (unpaired) electrons. The van der Waals surface area contributed by atoms with Crippen LogP contribution in [0.3, 0.4) is 0 Å². The van der Waals surface area contributed by atoms with Crippen molar-refractivity contribution in [2.45, 2.75) is 58.4 Å². The van der Waals surface area contributed by atoms with E-state index in [1.54, 1.807) is 0 Å². The third-order valence-electron chi connectivity index (χ3n) is 4.46. The molecular formula is C19H31NO. The number of nitrogens with one attached hydrogen (secondary N) is 1. The first-order valence-electron chi connectivity index (χ1n) is 8.47. The predicted octanol–water partition coefficient (Wildman–Crippen LogP) is 4.65. The molecule has 2 heteroatoms. The second-order valence-corrected chi connectivity index (χ2v) is 7.39. The Kier molecular flexibility index (Phi) is 6.10. The molecule has 2 nitrogen and oxygen atoms in total. The highest BCUT2D eigenvalue weighted by atomic mass is 16.5. The summed E-state index contributed by atoms with van der Waals surface area (Å²) in [5, 5.41) is 3.69. The van der Waals surface area contributed by atoms with Gasteiger partial charge >= 0.3 is 0 Å². The van der Waals surface area contributed by atoms with Crippen molar-refractivity contribution in [1.29, 1.82) is 0 Å². The van der Waals surface area contributed by atoms with E-state index in [4.69, 9.17) is 4.74 Å². The first-order chi connectivity index (χ1) is 10.0. The van der Waals surface area contributed by atoms with Gasteiger partial charge in [-0.1, -0.05) is 43.9 Å². The molecular weight excluding hydrogens is 258 g/mol. The molecule has 2 rings (SSSR count). The summed E-state index contributed by atoms with van der Waals surface area (Å²) >= 11 is 0. The monoisotopic (exact) mass is 289 g/mol. The third kappa shape index (κ3) is 6.09. The van der Waals surface area contributed by atoms with Crippen molar-refractivity contribution in [2.24, 2.45) is 11.8 Å². The Balaban J connectivity index is 1.80. The second kappa shape index (κ2) is 7.84. The van der Waals surface area contributed by atoms with Gasteiger partial charge in [0.15, 0.2) is 0 Å². The summed E-state index contributed by atoms with van der Waals surface area (Å²) in [6.45, 7) is 8.70. The van der Waals surface area contributed by atoms with Crippen LogP contribution in [0.15, 0.2) is 30.3 Å². The second-order valence-electron chi connectivity index (χ2n) is 7.39. The van der Waals surface area contributed by atoms with E-state index in [0.29, 0.717) is 0 Å². The van der Waals surface area contributed by atoms with Crippen LogP contribution in [0, 0.1) is 11.8 Å². The van der Waals surface area contributed by atoms with E-state index >= 15 is 0 Å². The van der Waals surface area contributed by atoms with Crippen LogP contribution in [0.2, 0.25) is 0 Å². The molecule has 0 heterocycles. The minimum Gasteiger partial charge on any atom is -0.494 e. The Morgan fingerprint density at radius 3 is 2.43 bits per heavy atom. The SMILES string of the molecule is CC(C)(C)NCC(CCOc1ccccc1)C1CCCC1. The van der Waals surface area contributed by atoms with Gasteiger partial charge in [0.2, 0.25) is 0 Å². The van der Waals surface area contributed by atoms with Gasteiger partial charge < -0.3 is 10.1 Å². The Morgan fingerprint density at radius 1 is 1.14 bits per heavy atom. The van der Waals surface area contributed by atoms with Crippen LogP contribution in [-0.4, -0.2) is 18.7 Å². The molecule has 1 N–H and O–H groups in total. The normalized spacial score (nSPS) is 17.9. The van der Waals surface area contributed by atoms with Gasteiger partial charge in [-0.2, -0.15) is 0 Å². The van der Waals surface area contributed by atoms with Crippen molar-refractivity contribution in [2.75, 3.05) is 13.2 Å². The molecule has 1 saturated carbocycles. The third-order valence-corrected chi connectivity index (χ3v) is 4.46.